The minimum Gasteiger partial charge on any atom is -0.492 e. The summed E-state index contributed by atoms with van der Waals surface area (Å²) >= 11 is 3.31. The summed E-state index contributed by atoms with van der Waals surface area (Å²) in [7, 11) is 0. The molecule has 0 aromatic heterocycles. The van der Waals surface area contributed by atoms with E-state index >= 15 is 0 Å². The molecule has 14 heavy (non-hydrogen) atoms. The van der Waals surface area contributed by atoms with Gasteiger partial charge >= 0.3 is 0 Å². The van der Waals surface area contributed by atoms with Crippen LogP contribution in [0.25, 0.3) is 0 Å². The average Bonchev–Trinajstić information content (AvgIpc) is 2.18. The topological polar surface area (TPSA) is 33.0 Å². The van der Waals surface area contributed by atoms with Crippen LogP contribution in [0, 0.1) is 11.3 Å². The van der Waals surface area contributed by atoms with E-state index in [4.69, 9.17) is 10.00 Å². The number of unbranched alkanes of at least 4 members (excludes halogenated alkanes) is 1. The Hall–Kier alpha value is -1.01. The Balaban J connectivity index is 2.76. The lowest BCUT2D eigenvalue weighted by Gasteiger charge is -2.07. The molecule has 74 valence electrons. The number of nitrogens with zero attached hydrogens (tertiary/aromatic N) is 1. The van der Waals surface area contributed by atoms with Crippen molar-refractivity contribution in [2.45, 2.75) is 19.8 Å². The Morgan fingerprint density at radius 3 is 2.93 bits per heavy atom. The van der Waals surface area contributed by atoms with Gasteiger partial charge in [-0.15, -0.1) is 0 Å². The largest absolute Gasteiger partial charge is 0.492 e. The average molecular weight is 254 g/mol. The Kier molecular flexibility index (Phi) is 4.48. The maximum Gasteiger partial charge on any atom is 0.138 e. The first-order chi connectivity index (χ1) is 6.79. The van der Waals surface area contributed by atoms with Crippen LogP contribution in [0.3, 0.4) is 0 Å². The van der Waals surface area contributed by atoms with Gasteiger partial charge in [0, 0.05) is 4.47 Å². The van der Waals surface area contributed by atoms with E-state index in [9.17, 15) is 0 Å². The molecule has 0 aliphatic carbocycles. The number of benzene rings is 1. The Bertz CT molecular complexity index is 344. The van der Waals surface area contributed by atoms with Gasteiger partial charge in [-0.1, -0.05) is 19.4 Å². The fraction of sp³-hybridized carbons (Fsp3) is 0.364. The van der Waals surface area contributed by atoms with Gasteiger partial charge in [-0.25, -0.2) is 0 Å². The van der Waals surface area contributed by atoms with Crippen LogP contribution in [0.1, 0.15) is 25.3 Å². The summed E-state index contributed by atoms with van der Waals surface area (Å²) in [6.07, 6.45) is 2.10. The fourth-order valence-electron chi connectivity index (χ4n) is 1.06. The molecule has 0 radical (unpaired) electrons. The molecule has 0 aliphatic heterocycles. The van der Waals surface area contributed by atoms with Crippen LogP contribution in [-0.4, -0.2) is 6.61 Å². The molecular formula is C11H12BrNO. The number of halogens is 1. The second-order valence-electron chi connectivity index (χ2n) is 2.93. The zero-order valence-corrected chi connectivity index (χ0v) is 9.67. The van der Waals surface area contributed by atoms with E-state index in [1.807, 2.05) is 18.2 Å². The highest BCUT2D eigenvalue weighted by Crippen LogP contribution is 2.25. The van der Waals surface area contributed by atoms with Crippen LogP contribution in [0.4, 0.5) is 0 Å². The van der Waals surface area contributed by atoms with Crippen molar-refractivity contribution in [2.75, 3.05) is 6.61 Å². The smallest absolute Gasteiger partial charge is 0.138 e. The number of ether oxygens (including phenoxy) is 1. The van der Waals surface area contributed by atoms with Crippen molar-refractivity contribution in [1.82, 2.24) is 0 Å². The van der Waals surface area contributed by atoms with Crippen molar-refractivity contribution >= 4 is 15.9 Å². The lowest BCUT2D eigenvalue weighted by atomic mass is 10.2. The first-order valence-electron chi connectivity index (χ1n) is 4.61. The molecule has 2 nitrogen and oxygen atoms in total. The standard InChI is InChI=1S/C11H12BrNO/c1-2-3-7-14-11-6-4-5-10(12)9(11)8-13/h4-6H,2-3,7H2,1H3. The normalized spacial score (nSPS) is 9.50. The lowest BCUT2D eigenvalue weighted by Crippen LogP contribution is -1.98. The minimum absolute atomic E-state index is 0.573. The first-order valence-corrected chi connectivity index (χ1v) is 5.40. The van der Waals surface area contributed by atoms with Crippen molar-refractivity contribution in [3.8, 4) is 11.8 Å². The summed E-state index contributed by atoms with van der Waals surface area (Å²) in [4.78, 5) is 0. The van der Waals surface area contributed by atoms with Crippen molar-refractivity contribution in [2.24, 2.45) is 0 Å². The summed E-state index contributed by atoms with van der Waals surface area (Å²) in [5, 5.41) is 8.90. The predicted octanol–water partition coefficient (Wildman–Crippen LogP) is 3.50. The molecular weight excluding hydrogens is 242 g/mol. The van der Waals surface area contributed by atoms with Gasteiger partial charge in [-0.3, -0.25) is 0 Å². The first kappa shape index (κ1) is 11.1. The number of nitriles is 1. The van der Waals surface area contributed by atoms with Crippen molar-refractivity contribution < 1.29 is 4.74 Å². The SMILES string of the molecule is CCCCOc1cccc(Br)c1C#N. The van der Waals surface area contributed by atoms with E-state index in [1.165, 1.54) is 0 Å². The molecule has 0 saturated carbocycles. The summed E-state index contributed by atoms with van der Waals surface area (Å²) in [6, 6.07) is 7.64. The Morgan fingerprint density at radius 2 is 2.29 bits per heavy atom. The van der Waals surface area contributed by atoms with Crippen LogP contribution >= 0.6 is 15.9 Å². The third-order valence-electron chi connectivity index (χ3n) is 1.84. The van der Waals surface area contributed by atoms with Gasteiger partial charge in [0.25, 0.3) is 0 Å². The van der Waals surface area contributed by atoms with Gasteiger partial charge in [-0.2, -0.15) is 5.26 Å². The quantitative estimate of drug-likeness (QED) is 0.770. The van der Waals surface area contributed by atoms with Crippen LogP contribution < -0.4 is 4.74 Å². The van der Waals surface area contributed by atoms with Gasteiger partial charge in [0.2, 0.25) is 0 Å². The molecule has 0 fully saturated rings. The van der Waals surface area contributed by atoms with E-state index in [0.717, 1.165) is 17.3 Å². The summed E-state index contributed by atoms with van der Waals surface area (Å²) in [5.41, 5.74) is 0.573. The van der Waals surface area contributed by atoms with Crippen molar-refractivity contribution in [3.63, 3.8) is 0 Å². The molecule has 0 unspecified atom stereocenters. The van der Waals surface area contributed by atoms with E-state index < -0.39 is 0 Å². The Morgan fingerprint density at radius 1 is 1.50 bits per heavy atom. The fourth-order valence-corrected chi connectivity index (χ4v) is 1.50. The third kappa shape index (κ3) is 2.74. The zero-order valence-electron chi connectivity index (χ0n) is 8.09. The second kappa shape index (κ2) is 5.66. The molecule has 0 amide bonds. The van der Waals surface area contributed by atoms with Gasteiger partial charge in [0.1, 0.15) is 17.4 Å². The molecule has 0 spiro atoms. The molecule has 0 aliphatic rings. The maximum atomic E-state index is 8.90. The Labute approximate surface area is 92.6 Å². The molecule has 0 atom stereocenters. The van der Waals surface area contributed by atoms with E-state index in [1.54, 1.807) is 0 Å². The van der Waals surface area contributed by atoms with Crippen LogP contribution in [0.5, 0.6) is 5.75 Å². The maximum absolute atomic E-state index is 8.90. The van der Waals surface area contributed by atoms with E-state index in [0.29, 0.717) is 17.9 Å². The number of hydrogen-bond donors (Lipinski definition) is 0. The second-order valence-corrected chi connectivity index (χ2v) is 3.78. The molecule has 3 heteroatoms. The third-order valence-corrected chi connectivity index (χ3v) is 2.50. The molecule has 1 aromatic rings. The van der Waals surface area contributed by atoms with Crippen LogP contribution in [0.2, 0.25) is 0 Å². The summed E-state index contributed by atoms with van der Waals surface area (Å²) < 4.78 is 6.28. The molecule has 1 rings (SSSR count). The zero-order chi connectivity index (χ0) is 10.4. The molecule has 1 aromatic carbocycles. The van der Waals surface area contributed by atoms with Gasteiger partial charge < -0.3 is 4.74 Å². The number of hydrogen-bond acceptors (Lipinski definition) is 2. The highest BCUT2D eigenvalue weighted by Gasteiger charge is 2.05. The lowest BCUT2D eigenvalue weighted by molar-refractivity contribution is 0.308. The van der Waals surface area contributed by atoms with Gasteiger partial charge in [0.05, 0.1) is 6.61 Å². The summed E-state index contributed by atoms with van der Waals surface area (Å²) in [6.45, 7) is 2.77. The van der Waals surface area contributed by atoms with Crippen molar-refractivity contribution in [3.05, 3.63) is 28.2 Å². The molecule has 0 heterocycles. The van der Waals surface area contributed by atoms with Crippen LogP contribution in [0.15, 0.2) is 22.7 Å². The highest BCUT2D eigenvalue weighted by atomic mass is 79.9. The molecule has 0 bridgehead atoms. The molecule has 0 N–H and O–H groups in total. The van der Waals surface area contributed by atoms with Gasteiger partial charge in [0.15, 0.2) is 0 Å². The van der Waals surface area contributed by atoms with Gasteiger partial charge in [-0.05, 0) is 34.5 Å². The number of rotatable bonds is 4. The predicted molar refractivity (Wildman–Crippen MR) is 59.3 cm³/mol. The van der Waals surface area contributed by atoms with E-state index in [-0.39, 0.29) is 0 Å². The highest BCUT2D eigenvalue weighted by molar-refractivity contribution is 9.10. The van der Waals surface area contributed by atoms with Crippen LogP contribution in [-0.2, 0) is 0 Å². The molecule has 0 saturated heterocycles. The van der Waals surface area contributed by atoms with Crippen molar-refractivity contribution in [1.29, 1.82) is 5.26 Å². The summed E-state index contributed by atoms with van der Waals surface area (Å²) in [5.74, 6) is 0.662. The van der Waals surface area contributed by atoms with E-state index in [2.05, 4.69) is 28.9 Å². The minimum atomic E-state index is 0.573. The monoisotopic (exact) mass is 253 g/mol.